The molecule has 0 saturated carbocycles. The van der Waals surface area contributed by atoms with Crippen molar-refractivity contribution < 1.29 is 18.0 Å². The second kappa shape index (κ2) is 6.03. The molecule has 0 atom stereocenters. The number of rotatable bonds is 4. The van der Waals surface area contributed by atoms with Gasteiger partial charge in [-0.15, -0.1) is 0 Å². The SMILES string of the molecule is N#Cc1ccc(S(=O)(=O)CCN2CC(=O)NC(=O)C2)cc1. The molecule has 1 aromatic rings. The summed E-state index contributed by atoms with van der Waals surface area (Å²) in [5.74, 6) is -1.05. The molecule has 0 spiro atoms. The Morgan fingerprint density at radius 2 is 1.71 bits per heavy atom. The fourth-order valence-electron chi connectivity index (χ4n) is 1.96. The van der Waals surface area contributed by atoms with E-state index in [1.807, 2.05) is 6.07 Å². The zero-order valence-electron chi connectivity index (χ0n) is 11.1. The summed E-state index contributed by atoms with van der Waals surface area (Å²) in [5.41, 5.74) is 0.382. The van der Waals surface area contributed by atoms with Gasteiger partial charge >= 0.3 is 0 Å². The van der Waals surface area contributed by atoms with Crippen molar-refractivity contribution in [3.8, 4) is 6.07 Å². The number of piperazine rings is 1. The van der Waals surface area contributed by atoms with Crippen LogP contribution in [0, 0.1) is 11.3 Å². The summed E-state index contributed by atoms with van der Waals surface area (Å²) in [5, 5.41) is 10.8. The first-order valence-corrected chi connectivity index (χ1v) is 7.84. The van der Waals surface area contributed by atoms with Crippen molar-refractivity contribution in [3.05, 3.63) is 29.8 Å². The molecule has 0 aliphatic carbocycles. The lowest BCUT2D eigenvalue weighted by molar-refractivity contribution is -0.135. The highest BCUT2D eigenvalue weighted by Gasteiger charge is 2.24. The van der Waals surface area contributed by atoms with Crippen LogP contribution in [0.3, 0.4) is 0 Å². The van der Waals surface area contributed by atoms with Crippen LogP contribution < -0.4 is 5.32 Å². The number of carbonyl (C=O) groups excluding carboxylic acids is 2. The van der Waals surface area contributed by atoms with E-state index in [9.17, 15) is 18.0 Å². The van der Waals surface area contributed by atoms with Crippen LogP contribution in [0.5, 0.6) is 0 Å². The van der Waals surface area contributed by atoms with Crippen LogP contribution >= 0.6 is 0 Å². The first-order chi connectivity index (χ1) is 9.90. The molecule has 1 N–H and O–H groups in total. The number of nitriles is 1. The zero-order chi connectivity index (χ0) is 15.5. The van der Waals surface area contributed by atoms with Crippen molar-refractivity contribution in [2.45, 2.75) is 4.90 Å². The Balaban J connectivity index is 2.02. The summed E-state index contributed by atoms with van der Waals surface area (Å²) in [7, 11) is -3.51. The Bertz CT molecular complexity index is 688. The highest BCUT2D eigenvalue weighted by molar-refractivity contribution is 7.91. The van der Waals surface area contributed by atoms with E-state index in [0.717, 1.165) is 0 Å². The molecular formula is C13H13N3O4S. The summed E-state index contributed by atoms with van der Waals surface area (Å²) in [6.07, 6.45) is 0. The molecule has 7 nitrogen and oxygen atoms in total. The average Bonchev–Trinajstić information content (AvgIpc) is 2.44. The number of hydrogen-bond donors (Lipinski definition) is 1. The van der Waals surface area contributed by atoms with Crippen LogP contribution in [-0.4, -0.2) is 50.5 Å². The van der Waals surface area contributed by atoms with Crippen molar-refractivity contribution >= 4 is 21.7 Å². The fourth-order valence-corrected chi connectivity index (χ4v) is 3.24. The first-order valence-electron chi connectivity index (χ1n) is 6.19. The molecule has 1 saturated heterocycles. The Morgan fingerprint density at radius 3 is 2.24 bits per heavy atom. The molecular weight excluding hydrogens is 294 g/mol. The summed E-state index contributed by atoms with van der Waals surface area (Å²) < 4.78 is 24.3. The van der Waals surface area contributed by atoms with E-state index >= 15 is 0 Å². The number of imide groups is 1. The molecule has 1 aliphatic heterocycles. The van der Waals surface area contributed by atoms with Gasteiger partial charge in [-0.05, 0) is 24.3 Å². The summed E-state index contributed by atoms with van der Waals surface area (Å²) in [6, 6.07) is 7.54. The maximum atomic E-state index is 12.1. The van der Waals surface area contributed by atoms with Gasteiger partial charge in [-0.25, -0.2) is 8.42 Å². The number of carbonyl (C=O) groups is 2. The summed E-state index contributed by atoms with van der Waals surface area (Å²) >= 11 is 0. The largest absolute Gasteiger partial charge is 0.294 e. The average molecular weight is 307 g/mol. The van der Waals surface area contributed by atoms with E-state index in [4.69, 9.17) is 5.26 Å². The molecule has 8 heteroatoms. The van der Waals surface area contributed by atoms with Crippen molar-refractivity contribution in [2.24, 2.45) is 0 Å². The quantitative estimate of drug-likeness (QED) is 0.736. The van der Waals surface area contributed by atoms with E-state index in [0.29, 0.717) is 5.56 Å². The fraction of sp³-hybridized carbons (Fsp3) is 0.308. The maximum absolute atomic E-state index is 12.1. The van der Waals surface area contributed by atoms with Crippen LogP contribution in [0.2, 0.25) is 0 Å². The van der Waals surface area contributed by atoms with Crippen LogP contribution in [0.15, 0.2) is 29.2 Å². The molecule has 0 bridgehead atoms. The third-order valence-electron chi connectivity index (χ3n) is 3.03. The molecule has 110 valence electrons. The van der Waals surface area contributed by atoms with Crippen LogP contribution in [-0.2, 0) is 19.4 Å². The standard InChI is InChI=1S/C13H13N3O4S/c14-7-10-1-3-11(4-2-10)21(19,20)6-5-16-8-12(17)15-13(18)9-16/h1-4H,5-6,8-9H2,(H,15,17,18). The monoisotopic (exact) mass is 307 g/mol. The molecule has 2 rings (SSSR count). The lowest BCUT2D eigenvalue weighted by Crippen LogP contribution is -2.52. The molecule has 21 heavy (non-hydrogen) atoms. The van der Waals surface area contributed by atoms with Gasteiger partial charge < -0.3 is 0 Å². The normalized spacial score (nSPS) is 16.3. The number of benzene rings is 1. The Hall–Kier alpha value is -2.24. The van der Waals surface area contributed by atoms with Crippen molar-refractivity contribution in [1.82, 2.24) is 10.2 Å². The molecule has 0 radical (unpaired) electrons. The number of nitrogens with zero attached hydrogens (tertiary/aromatic N) is 2. The Morgan fingerprint density at radius 1 is 1.14 bits per heavy atom. The minimum atomic E-state index is -3.51. The summed E-state index contributed by atoms with van der Waals surface area (Å²) in [6.45, 7) is 0.116. The lowest BCUT2D eigenvalue weighted by atomic mass is 10.2. The van der Waals surface area contributed by atoms with Gasteiger partial charge in [0.15, 0.2) is 9.84 Å². The van der Waals surface area contributed by atoms with Crippen LogP contribution in [0.4, 0.5) is 0 Å². The van der Waals surface area contributed by atoms with E-state index < -0.39 is 21.7 Å². The number of amides is 2. The molecule has 0 unspecified atom stereocenters. The maximum Gasteiger partial charge on any atom is 0.240 e. The molecule has 1 heterocycles. The highest BCUT2D eigenvalue weighted by atomic mass is 32.2. The van der Waals surface area contributed by atoms with Crippen molar-refractivity contribution in [2.75, 3.05) is 25.4 Å². The third kappa shape index (κ3) is 3.87. The molecule has 0 aromatic heterocycles. The highest BCUT2D eigenvalue weighted by Crippen LogP contribution is 2.12. The van der Waals surface area contributed by atoms with Gasteiger partial charge in [-0.3, -0.25) is 19.8 Å². The van der Waals surface area contributed by atoms with Crippen molar-refractivity contribution in [3.63, 3.8) is 0 Å². The van der Waals surface area contributed by atoms with Crippen molar-refractivity contribution in [1.29, 1.82) is 5.26 Å². The topological polar surface area (TPSA) is 107 Å². The van der Waals surface area contributed by atoms with Crippen LogP contribution in [0.25, 0.3) is 0 Å². The van der Waals surface area contributed by atoms with Gasteiger partial charge in [-0.1, -0.05) is 0 Å². The Labute approximate surface area is 122 Å². The predicted octanol–water partition coefficient (Wildman–Crippen LogP) is -0.710. The molecule has 1 aliphatic rings. The van der Waals surface area contributed by atoms with Gasteiger partial charge in [0.1, 0.15) is 0 Å². The minimum Gasteiger partial charge on any atom is -0.294 e. The minimum absolute atomic E-state index is 0.00856. The first kappa shape index (κ1) is 15.2. The third-order valence-corrected chi connectivity index (χ3v) is 4.74. The number of hydrogen-bond acceptors (Lipinski definition) is 6. The van der Waals surface area contributed by atoms with Gasteiger partial charge in [0.2, 0.25) is 11.8 Å². The van der Waals surface area contributed by atoms with Crippen LogP contribution in [0.1, 0.15) is 5.56 Å². The van der Waals surface area contributed by atoms with Gasteiger partial charge in [0.05, 0.1) is 35.4 Å². The van der Waals surface area contributed by atoms with Gasteiger partial charge in [0, 0.05) is 6.54 Å². The Kier molecular flexibility index (Phi) is 4.35. The van der Waals surface area contributed by atoms with E-state index in [-0.39, 0.29) is 30.3 Å². The van der Waals surface area contributed by atoms with Gasteiger partial charge in [0.25, 0.3) is 0 Å². The summed E-state index contributed by atoms with van der Waals surface area (Å²) in [4.78, 5) is 24.0. The predicted molar refractivity (Wildman–Crippen MR) is 72.8 cm³/mol. The van der Waals surface area contributed by atoms with E-state index in [1.165, 1.54) is 29.2 Å². The lowest BCUT2D eigenvalue weighted by Gasteiger charge is -2.24. The van der Waals surface area contributed by atoms with E-state index in [2.05, 4.69) is 5.32 Å². The second-order valence-electron chi connectivity index (χ2n) is 4.64. The second-order valence-corrected chi connectivity index (χ2v) is 6.75. The molecule has 2 amide bonds. The number of nitrogens with one attached hydrogen (secondary N) is 1. The zero-order valence-corrected chi connectivity index (χ0v) is 11.9. The van der Waals surface area contributed by atoms with E-state index in [1.54, 1.807) is 0 Å². The van der Waals surface area contributed by atoms with Gasteiger partial charge in [-0.2, -0.15) is 5.26 Å². The molecule has 1 fully saturated rings. The number of sulfone groups is 1. The smallest absolute Gasteiger partial charge is 0.240 e. The molecule has 1 aromatic carbocycles.